The molecule has 2 aromatic heterocycles. The van der Waals surface area contributed by atoms with E-state index < -0.39 is 17.8 Å². The standard InChI is InChI=1S/C17H17F2N5O/c18-15(19)16-21-20-13-7-8-14(22-24(13)16)23-10-4-9-17(23,11-25)12-5-2-1-3-6-12/h1-3,5-8,15,25H,4,9-11H2. The summed E-state index contributed by atoms with van der Waals surface area (Å²) in [5, 5.41) is 21.8. The molecular formula is C17H17F2N5O. The van der Waals surface area contributed by atoms with Gasteiger partial charge in [-0.3, -0.25) is 0 Å². The van der Waals surface area contributed by atoms with Crippen LogP contribution in [0.2, 0.25) is 0 Å². The van der Waals surface area contributed by atoms with Crippen LogP contribution in [-0.2, 0) is 5.54 Å². The second-order valence-corrected chi connectivity index (χ2v) is 6.13. The Labute approximate surface area is 142 Å². The summed E-state index contributed by atoms with van der Waals surface area (Å²) in [6, 6.07) is 13.1. The highest BCUT2D eigenvalue weighted by Gasteiger charge is 2.43. The molecule has 1 aliphatic heterocycles. The van der Waals surface area contributed by atoms with E-state index in [1.807, 2.05) is 35.2 Å². The maximum Gasteiger partial charge on any atom is 0.299 e. The van der Waals surface area contributed by atoms with E-state index in [1.54, 1.807) is 12.1 Å². The van der Waals surface area contributed by atoms with Crippen molar-refractivity contribution in [2.24, 2.45) is 0 Å². The molecule has 25 heavy (non-hydrogen) atoms. The number of aliphatic hydroxyl groups is 1. The Hall–Kier alpha value is -2.61. The first-order valence-corrected chi connectivity index (χ1v) is 8.10. The van der Waals surface area contributed by atoms with Crippen molar-refractivity contribution in [1.82, 2.24) is 19.8 Å². The molecule has 3 aromatic rings. The number of aliphatic hydroxyl groups excluding tert-OH is 1. The van der Waals surface area contributed by atoms with Gasteiger partial charge in [0.2, 0.25) is 5.82 Å². The number of aromatic nitrogens is 4. The molecule has 0 saturated carbocycles. The zero-order valence-electron chi connectivity index (χ0n) is 13.4. The van der Waals surface area contributed by atoms with Crippen LogP contribution in [0.5, 0.6) is 0 Å². The van der Waals surface area contributed by atoms with Crippen LogP contribution in [0.3, 0.4) is 0 Å². The lowest BCUT2D eigenvalue weighted by Gasteiger charge is -2.38. The third-order valence-electron chi connectivity index (χ3n) is 4.81. The summed E-state index contributed by atoms with van der Waals surface area (Å²) in [5.74, 6) is 0.0370. The Morgan fingerprint density at radius 3 is 2.64 bits per heavy atom. The third kappa shape index (κ3) is 2.44. The molecule has 3 heterocycles. The molecule has 1 fully saturated rings. The first-order chi connectivity index (χ1) is 12.2. The van der Waals surface area contributed by atoms with Gasteiger partial charge in [-0.25, -0.2) is 8.78 Å². The van der Waals surface area contributed by atoms with Gasteiger partial charge in [0.15, 0.2) is 11.5 Å². The summed E-state index contributed by atoms with van der Waals surface area (Å²) in [4.78, 5) is 1.98. The predicted octanol–water partition coefficient (Wildman–Crippen LogP) is 2.55. The molecule has 6 nitrogen and oxygen atoms in total. The van der Waals surface area contributed by atoms with E-state index >= 15 is 0 Å². The molecule has 1 aromatic carbocycles. The fourth-order valence-corrected chi connectivity index (χ4v) is 3.59. The van der Waals surface area contributed by atoms with Crippen molar-refractivity contribution < 1.29 is 13.9 Å². The average molecular weight is 345 g/mol. The number of hydrogen-bond acceptors (Lipinski definition) is 5. The molecule has 1 unspecified atom stereocenters. The van der Waals surface area contributed by atoms with Crippen molar-refractivity contribution in [3.8, 4) is 0 Å². The number of anilines is 1. The number of fused-ring (bicyclic) bond motifs is 1. The van der Waals surface area contributed by atoms with Gasteiger partial charge in [0.05, 0.1) is 12.1 Å². The van der Waals surface area contributed by atoms with Crippen LogP contribution in [-0.4, -0.2) is 38.1 Å². The minimum atomic E-state index is -2.76. The van der Waals surface area contributed by atoms with Crippen LogP contribution in [0.25, 0.3) is 5.65 Å². The fraction of sp³-hybridized carbons (Fsp3) is 0.353. The Morgan fingerprint density at radius 2 is 1.92 bits per heavy atom. The zero-order valence-corrected chi connectivity index (χ0v) is 13.4. The van der Waals surface area contributed by atoms with Gasteiger partial charge in [-0.15, -0.1) is 15.3 Å². The van der Waals surface area contributed by atoms with Crippen molar-refractivity contribution in [1.29, 1.82) is 0 Å². The molecular weight excluding hydrogens is 328 g/mol. The highest BCUT2D eigenvalue weighted by molar-refractivity contribution is 5.51. The van der Waals surface area contributed by atoms with Gasteiger partial charge in [-0.1, -0.05) is 30.3 Å². The van der Waals surface area contributed by atoms with Crippen molar-refractivity contribution in [2.75, 3.05) is 18.1 Å². The lowest BCUT2D eigenvalue weighted by molar-refractivity contribution is 0.137. The highest BCUT2D eigenvalue weighted by Crippen LogP contribution is 2.41. The van der Waals surface area contributed by atoms with E-state index in [9.17, 15) is 13.9 Å². The van der Waals surface area contributed by atoms with Crippen LogP contribution >= 0.6 is 0 Å². The molecule has 1 saturated heterocycles. The van der Waals surface area contributed by atoms with Crippen LogP contribution in [0.1, 0.15) is 30.7 Å². The van der Waals surface area contributed by atoms with Gasteiger partial charge in [0.1, 0.15) is 0 Å². The van der Waals surface area contributed by atoms with E-state index in [0.29, 0.717) is 12.4 Å². The van der Waals surface area contributed by atoms with E-state index in [1.165, 1.54) is 0 Å². The topological polar surface area (TPSA) is 66.5 Å². The molecule has 1 atom stereocenters. The van der Waals surface area contributed by atoms with Crippen molar-refractivity contribution in [3.63, 3.8) is 0 Å². The minimum Gasteiger partial charge on any atom is -0.394 e. The normalized spacial score (nSPS) is 20.7. The van der Waals surface area contributed by atoms with Crippen molar-refractivity contribution >= 4 is 11.5 Å². The number of benzene rings is 1. The quantitative estimate of drug-likeness (QED) is 0.787. The maximum absolute atomic E-state index is 13.1. The van der Waals surface area contributed by atoms with E-state index in [0.717, 1.165) is 22.9 Å². The number of hydrogen-bond donors (Lipinski definition) is 1. The lowest BCUT2D eigenvalue weighted by atomic mass is 9.88. The van der Waals surface area contributed by atoms with Crippen LogP contribution in [0, 0.1) is 0 Å². The summed E-state index contributed by atoms with van der Waals surface area (Å²) >= 11 is 0. The molecule has 8 heteroatoms. The lowest BCUT2D eigenvalue weighted by Crippen LogP contribution is -2.45. The van der Waals surface area contributed by atoms with Gasteiger partial charge >= 0.3 is 0 Å². The van der Waals surface area contributed by atoms with Crippen molar-refractivity contribution in [2.45, 2.75) is 24.8 Å². The maximum atomic E-state index is 13.1. The molecule has 130 valence electrons. The average Bonchev–Trinajstić information content (AvgIpc) is 3.26. The molecule has 0 amide bonds. The third-order valence-corrected chi connectivity index (χ3v) is 4.81. The Balaban J connectivity index is 1.82. The molecule has 4 rings (SSSR count). The number of halogens is 2. The Kier molecular flexibility index (Phi) is 3.84. The molecule has 0 radical (unpaired) electrons. The first-order valence-electron chi connectivity index (χ1n) is 8.10. The first kappa shape index (κ1) is 15.9. The van der Waals surface area contributed by atoms with Crippen LogP contribution in [0.15, 0.2) is 42.5 Å². The van der Waals surface area contributed by atoms with Gasteiger partial charge in [0, 0.05) is 6.54 Å². The highest BCUT2D eigenvalue weighted by atomic mass is 19.3. The SMILES string of the molecule is OCC1(c2ccccc2)CCCN1c1ccc2nnc(C(F)F)n2n1. The summed E-state index contributed by atoms with van der Waals surface area (Å²) in [5.41, 5.74) is 0.642. The summed E-state index contributed by atoms with van der Waals surface area (Å²) < 4.78 is 27.3. The van der Waals surface area contributed by atoms with Gasteiger partial charge in [-0.2, -0.15) is 4.52 Å². The smallest absolute Gasteiger partial charge is 0.299 e. The zero-order chi connectivity index (χ0) is 17.4. The van der Waals surface area contributed by atoms with E-state index in [2.05, 4.69) is 15.3 Å². The second-order valence-electron chi connectivity index (χ2n) is 6.13. The van der Waals surface area contributed by atoms with Gasteiger partial charge < -0.3 is 10.0 Å². The van der Waals surface area contributed by atoms with Crippen LogP contribution < -0.4 is 4.90 Å². The summed E-state index contributed by atoms with van der Waals surface area (Å²) in [6.07, 6.45) is -1.12. The summed E-state index contributed by atoms with van der Waals surface area (Å²) in [6.45, 7) is 0.598. The molecule has 0 aliphatic carbocycles. The largest absolute Gasteiger partial charge is 0.394 e. The number of alkyl halides is 2. The van der Waals surface area contributed by atoms with E-state index in [4.69, 9.17) is 0 Å². The Morgan fingerprint density at radius 1 is 1.12 bits per heavy atom. The van der Waals surface area contributed by atoms with Gasteiger partial charge in [0.25, 0.3) is 6.43 Å². The monoisotopic (exact) mass is 345 g/mol. The Bertz CT molecular complexity index is 885. The summed E-state index contributed by atoms with van der Waals surface area (Å²) in [7, 11) is 0. The van der Waals surface area contributed by atoms with Gasteiger partial charge in [-0.05, 0) is 30.5 Å². The van der Waals surface area contributed by atoms with Crippen molar-refractivity contribution in [3.05, 3.63) is 53.9 Å². The number of nitrogens with zero attached hydrogens (tertiary/aromatic N) is 5. The molecule has 0 spiro atoms. The molecule has 1 N–H and O–H groups in total. The number of rotatable bonds is 4. The van der Waals surface area contributed by atoms with Crippen LogP contribution in [0.4, 0.5) is 14.6 Å². The second kappa shape index (κ2) is 6.03. The van der Waals surface area contributed by atoms with E-state index in [-0.39, 0.29) is 12.3 Å². The minimum absolute atomic E-state index is 0.0827. The molecule has 0 bridgehead atoms. The predicted molar refractivity (Wildman–Crippen MR) is 87.5 cm³/mol. The fourth-order valence-electron chi connectivity index (χ4n) is 3.59. The molecule has 1 aliphatic rings.